The minimum atomic E-state index is 0.722. The van der Waals surface area contributed by atoms with Crippen molar-refractivity contribution in [2.75, 3.05) is 0 Å². The minimum absolute atomic E-state index is 0.722. The maximum atomic E-state index is 3.94. The summed E-state index contributed by atoms with van der Waals surface area (Å²) in [5, 5.41) is 0. The van der Waals surface area contributed by atoms with Crippen LogP contribution in [0.1, 0.15) is 76.1 Å². The zero-order valence-electron chi connectivity index (χ0n) is 18.5. The van der Waals surface area contributed by atoms with Crippen molar-refractivity contribution in [2.45, 2.75) is 67.7 Å². The summed E-state index contributed by atoms with van der Waals surface area (Å²) in [4.78, 5) is 0. The Hall–Kier alpha value is -2.26. The number of benzene rings is 2. The minimum Gasteiger partial charge on any atom is -0.0996 e. The van der Waals surface area contributed by atoms with Gasteiger partial charge in [-0.05, 0) is 56.9 Å². The van der Waals surface area contributed by atoms with E-state index in [2.05, 4.69) is 115 Å². The maximum absolute atomic E-state index is 3.94. The molecule has 146 valence electrons. The molecule has 0 saturated carbocycles. The second kappa shape index (κ2) is 14.9. The van der Waals surface area contributed by atoms with Crippen molar-refractivity contribution in [3.63, 3.8) is 0 Å². The molecule has 0 heterocycles. The Morgan fingerprint density at radius 3 is 1.33 bits per heavy atom. The average molecular weight is 363 g/mol. The zero-order chi connectivity index (χ0) is 20.7. The van der Waals surface area contributed by atoms with Gasteiger partial charge in [-0.2, -0.15) is 0 Å². The van der Waals surface area contributed by atoms with Crippen LogP contribution in [0.5, 0.6) is 0 Å². The first-order chi connectivity index (χ1) is 12.9. The van der Waals surface area contributed by atoms with Gasteiger partial charge < -0.3 is 0 Å². The summed E-state index contributed by atoms with van der Waals surface area (Å²) >= 11 is 0. The molecule has 0 aliphatic heterocycles. The van der Waals surface area contributed by atoms with Crippen LogP contribution in [0.15, 0.2) is 60.7 Å². The molecule has 0 radical (unpaired) electrons. The molecule has 0 saturated heterocycles. The molecule has 1 unspecified atom stereocenters. The van der Waals surface area contributed by atoms with Crippen molar-refractivity contribution in [2.24, 2.45) is 5.92 Å². The van der Waals surface area contributed by atoms with Crippen LogP contribution in [0.2, 0.25) is 0 Å². The van der Waals surface area contributed by atoms with Crippen LogP contribution in [-0.2, 0) is 0 Å². The van der Waals surface area contributed by atoms with E-state index >= 15 is 0 Å². The van der Waals surface area contributed by atoms with Crippen molar-refractivity contribution in [1.29, 1.82) is 0 Å². The third kappa shape index (κ3) is 11.9. The smallest absolute Gasteiger partial charge is 0.0249 e. The Morgan fingerprint density at radius 2 is 1.11 bits per heavy atom. The number of hydrogen-bond acceptors (Lipinski definition) is 0. The van der Waals surface area contributed by atoms with Gasteiger partial charge in [0.2, 0.25) is 0 Å². The topological polar surface area (TPSA) is 0 Å². The Balaban J connectivity index is 0.000000519. The van der Waals surface area contributed by atoms with Crippen LogP contribution < -0.4 is 0 Å². The van der Waals surface area contributed by atoms with Crippen LogP contribution in [0.3, 0.4) is 0 Å². The van der Waals surface area contributed by atoms with Crippen molar-refractivity contribution < 1.29 is 0 Å². The third-order valence-electron chi connectivity index (χ3n) is 4.22. The third-order valence-corrected chi connectivity index (χ3v) is 4.22. The van der Waals surface area contributed by atoms with Crippen LogP contribution in [0.4, 0.5) is 0 Å². The van der Waals surface area contributed by atoms with E-state index in [9.17, 15) is 0 Å². The van der Waals surface area contributed by atoms with Gasteiger partial charge in [-0.1, -0.05) is 100 Å². The first-order valence-electron chi connectivity index (χ1n) is 10.2. The number of rotatable bonds is 3. The first-order valence-corrected chi connectivity index (χ1v) is 10.2. The van der Waals surface area contributed by atoms with Gasteiger partial charge in [0.05, 0.1) is 0 Å². The lowest BCUT2D eigenvalue weighted by Crippen LogP contribution is -1.93. The summed E-state index contributed by atoms with van der Waals surface area (Å²) < 4.78 is 0. The van der Waals surface area contributed by atoms with Gasteiger partial charge in [0, 0.05) is 11.1 Å². The molecular formula is C27H38. The van der Waals surface area contributed by atoms with E-state index in [0.717, 1.165) is 23.5 Å². The fourth-order valence-corrected chi connectivity index (χ4v) is 2.06. The standard InChI is InChI=1S/C16H14.C8H16.C3H8/c1-13-3-7-15(8-4-13)11-12-16-9-5-14(2)6-10-16;1-5-7(3)8(4)6-2;1-3-2/h3-10H,1-2H3;8H,3,5-6H2,1-2,4H3;3H2,1-2H3. The van der Waals surface area contributed by atoms with Gasteiger partial charge in [0.15, 0.2) is 0 Å². The molecule has 27 heavy (non-hydrogen) atoms. The summed E-state index contributed by atoms with van der Waals surface area (Å²) in [6.07, 6.45) is 3.61. The molecule has 0 bridgehead atoms. The lowest BCUT2D eigenvalue weighted by atomic mass is 9.98. The van der Waals surface area contributed by atoms with Crippen LogP contribution >= 0.6 is 0 Å². The fourth-order valence-electron chi connectivity index (χ4n) is 2.06. The monoisotopic (exact) mass is 362 g/mol. The fraction of sp³-hybridized carbons (Fsp3) is 0.407. The number of aryl methyl sites for hydroxylation is 2. The average Bonchev–Trinajstić information content (AvgIpc) is 2.68. The molecule has 0 fully saturated rings. The van der Waals surface area contributed by atoms with E-state index in [1.807, 2.05) is 0 Å². The molecule has 0 nitrogen and oxygen atoms in total. The summed E-state index contributed by atoms with van der Waals surface area (Å²) in [6.45, 7) is 18.9. The molecule has 0 N–H and O–H groups in total. The van der Waals surface area contributed by atoms with Crippen molar-refractivity contribution >= 4 is 0 Å². The predicted molar refractivity (Wildman–Crippen MR) is 123 cm³/mol. The highest BCUT2D eigenvalue weighted by atomic mass is 14.0. The molecule has 2 aromatic rings. The van der Waals surface area contributed by atoms with Crippen molar-refractivity contribution in [3.8, 4) is 11.8 Å². The highest BCUT2D eigenvalue weighted by Crippen LogP contribution is 2.14. The molecule has 2 aromatic carbocycles. The molecule has 1 atom stereocenters. The summed E-state index contributed by atoms with van der Waals surface area (Å²) in [6, 6.07) is 16.5. The second-order valence-corrected chi connectivity index (χ2v) is 7.01. The highest BCUT2D eigenvalue weighted by Gasteiger charge is 1.98. The quantitative estimate of drug-likeness (QED) is 0.382. The van der Waals surface area contributed by atoms with Gasteiger partial charge in [-0.25, -0.2) is 0 Å². The molecule has 0 amide bonds. The molecule has 0 heteroatoms. The van der Waals surface area contributed by atoms with E-state index in [1.165, 1.54) is 29.5 Å². The molecule has 2 rings (SSSR count). The first kappa shape index (κ1) is 24.7. The van der Waals surface area contributed by atoms with E-state index in [-0.39, 0.29) is 0 Å². The highest BCUT2D eigenvalue weighted by molar-refractivity contribution is 5.43. The Morgan fingerprint density at radius 1 is 0.778 bits per heavy atom. The normalized spacial score (nSPS) is 10.2. The van der Waals surface area contributed by atoms with E-state index in [1.54, 1.807) is 0 Å². The lowest BCUT2D eigenvalue weighted by Gasteiger charge is -2.08. The van der Waals surface area contributed by atoms with E-state index < -0.39 is 0 Å². The van der Waals surface area contributed by atoms with Gasteiger partial charge in [0.25, 0.3) is 0 Å². The second-order valence-electron chi connectivity index (χ2n) is 7.01. The molecule has 0 spiro atoms. The molecule has 0 aliphatic carbocycles. The predicted octanol–water partition coefficient (Wildman–Crippen LogP) is 8.12. The maximum Gasteiger partial charge on any atom is 0.0249 e. The lowest BCUT2D eigenvalue weighted by molar-refractivity contribution is 0.636. The van der Waals surface area contributed by atoms with Gasteiger partial charge in [-0.15, -0.1) is 0 Å². The zero-order valence-corrected chi connectivity index (χ0v) is 18.5. The largest absolute Gasteiger partial charge is 0.0996 e. The SMILES string of the molecule is C=C(CC)C(C)CC.CCC.Cc1ccc(C#Cc2ccc(C)cc2)cc1. The van der Waals surface area contributed by atoms with Crippen LogP contribution in [0, 0.1) is 31.6 Å². The van der Waals surface area contributed by atoms with Gasteiger partial charge in [0.1, 0.15) is 0 Å². The number of allylic oxidation sites excluding steroid dienone is 1. The van der Waals surface area contributed by atoms with Gasteiger partial charge >= 0.3 is 0 Å². The number of hydrogen-bond donors (Lipinski definition) is 0. The molecular weight excluding hydrogens is 324 g/mol. The summed E-state index contributed by atoms with van der Waals surface area (Å²) in [7, 11) is 0. The summed E-state index contributed by atoms with van der Waals surface area (Å²) in [5.41, 5.74) is 6.03. The summed E-state index contributed by atoms with van der Waals surface area (Å²) in [5.74, 6) is 7.04. The van der Waals surface area contributed by atoms with Crippen molar-refractivity contribution in [3.05, 3.63) is 82.9 Å². The van der Waals surface area contributed by atoms with Crippen LogP contribution in [-0.4, -0.2) is 0 Å². The van der Waals surface area contributed by atoms with E-state index in [4.69, 9.17) is 0 Å². The van der Waals surface area contributed by atoms with E-state index in [0.29, 0.717) is 0 Å². The van der Waals surface area contributed by atoms with Crippen LogP contribution in [0.25, 0.3) is 0 Å². The Labute approximate surface area is 168 Å². The Kier molecular flexibility index (Phi) is 13.6. The van der Waals surface area contributed by atoms with Gasteiger partial charge in [-0.3, -0.25) is 0 Å². The Bertz CT molecular complexity index is 641. The molecule has 0 aromatic heterocycles. The van der Waals surface area contributed by atoms with Crippen molar-refractivity contribution in [1.82, 2.24) is 0 Å². The molecule has 0 aliphatic rings.